The van der Waals surface area contributed by atoms with Gasteiger partial charge in [-0.2, -0.15) is 14.3 Å². The predicted octanol–water partition coefficient (Wildman–Crippen LogP) is 3.40. The van der Waals surface area contributed by atoms with Crippen LogP contribution >= 0.6 is 23.2 Å². The molecule has 4 heterocycles. The van der Waals surface area contributed by atoms with E-state index in [1.54, 1.807) is 27.4 Å². The van der Waals surface area contributed by atoms with E-state index < -0.39 is 0 Å². The largest absolute Gasteiger partial charge is 0.310 e. The van der Waals surface area contributed by atoms with Gasteiger partial charge < -0.3 is 5.32 Å². The van der Waals surface area contributed by atoms with E-state index in [1.165, 1.54) is 6.33 Å². The summed E-state index contributed by atoms with van der Waals surface area (Å²) in [6, 6.07) is 9.01. The second-order valence-corrected chi connectivity index (χ2v) is 7.32. The van der Waals surface area contributed by atoms with Crippen LogP contribution in [0.2, 0.25) is 10.0 Å². The highest BCUT2D eigenvalue weighted by Crippen LogP contribution is 2.43. The number of hydrogen-bond donors (Lipinski definition) is 1. The minimum Gasteiger partial charge on any atom is -0.310 e. The van der Waals surface area contributed by atoms with E-state index in [0.29, 0.717) is 27.3 Å². The fraction of sp³-hybridized carbons (Fsp3) is 0.167. The summed E-state index contributed by atoms with van der Waals surface area (Å²) < 4.78 is 3.17. The number of carbonyl (C=O) groups excluding carboxylic acids is 1. The number of benzene rings is 1. The lowest BCUT2D eigenvalue weighted by atomic mass is 9.86. The van der Waals surface area contributed by atoms with E-state index in [9.17, 15) is 4.79 Å². The maximum Gasteiger partial charge on any atom is 0.226 e. The van der Waals surface area contributed by atoms with Gasteiger partial charge in [0.15, 0.2) is 11.5 Å². The molecule has 1 aliphatic heterocycles. The first kappa shape index (κ1) is 17.2. The fourth-order valence-corrected chi connectivity index (χ4v) is 4.04. The molecule has 1 aromatic carbocycles. The third-order valence-electron chi connectivity index (χ3n) is 4.82. The smallest absolute Gasteiger partial charge is 0.226 e. The van der Waals surface area contributed by atoms with Gasteiger partial charge in [-0.15, -0.1) is 15.3 Å². The number of amides is 1. The number of halogens is 2. The number of nitrogens with one attached hydrogen (secondary N) is 1. The van der Waals surface area contributed by atoms with Crippen LogP contribution in [0.4, 0.5) is 5.82 Å². The highest BCUT2D eigenvalue weighted by Gasteiger charge is 2.34. The molecule has 8 nitrogen and oxygen atoms in total. The van der Waals surface area contributed by atoms with Gasteiger partial charge in [0.1, 0.15) is 12.1 Å². The van der Waals surface area contributed by atoms with Gasteiger partial charge in [0.25, 0.3) is 0 Å². The Kier molecular flexibility index (Phi) is 3.85. The third-order valence-corrected chi connectivity index (χ3v) is 5.66. The fourth-order valence-electron chi connectivity index (χ4n) is 3.60. The van der Waals surface area contributed by atoms with Crippen LogP contribution in [0.25, 0.3) is 11.5 Å². The minimum absolute atomic E-state index is 0.125. The van der Waals surface area contributed by atoms with Crippen molar-refractivity contribution in [2.24, 2.45) is 0 Å². The Morgan fingerprint density at radius 1 is 1.18 bits per heavy atom. The van der Waals surface area contributed by atoms with Crippen molar-refractivity contribution in [3.8, 4) is 5.82 Å². The zero-order valence-electron chi connectivity index (χ0n) is 14.6. The molecule has 0 spiro atoms. The molecule has 10 heteroatoms. The van der Waals surface area contributed by atoms with Crippen LogP contribution in [0.1, 0.15) is 29.2 Å². The summed E-state index contributed by atoms with van der Waals surface area (Å²) in [5, 5.41) is 20.7. The Morgan fingerprint density at radius 3 is 2.89 bits per heavy atom. The molecule has 0 unspecified atom stereocenters. The first-order valence-electron chi connectivity index (χ1n) is 8.53. The van der Waals surface area contributed by atoms with Crippen molar-refractivity contribution in [2.75, 3.05) is 5.32 Å². The number of hydrogen-bond acceptors (Lipinski definition) is 5. The quantitative estimate of drug-likeness (QED) is 0.543. The van der Waals surface area contributed by atoms with Gasteiger partial charge in [-0.05, 0) is 30.7 Å². The maximum atomic E-state index is 12.5. The second kappa shape index (κ2) is 6.29. The Labute approximate surface area is 169 Å². The van der Waals surface area contributed by atoms with E-state index in [4.69, 9.17) is 23.2 Å². The van der Waals surface area contributed by atoms with Crippen LogP contribution in [0, 0.1) is 6.92 Å². The van der Waals surface area contributed by atoms with Crippen molar-refractivity contribution in [3.05, 3.63) is 63.5 Å². The van der Waals surface area contributed by atoms with Crippen LogP contribution < -0.4 is 5.32 Å². The normalized spacial score (nSPS) is 16.2. The van der Waals surface area contributed by atoms with Gasteiger partial charge >= 0.3 is 0 Å². The molecule has 0 saturated heterocycles. The number of nitrogens with zero attached hydrogens (tertiary/aromatic N) is 6. The molecule has 1 aliphatic rings. The second-order valence-electron chi connectivity index (χ2n) is 6.53. The van der Waals surface area contributed by atoms with Crippen molar-refractivity contribution in [2.45, 2.75) is 19.3 Å². The molecule has 1 amide bonds. The average Bonchev–Trinajstić information content (AvgIpc) is 3.27. The number of fused-ring (bicyclic) bond motifs is 2. The zero-order valence-corrected chi connectivity index (χ0v) is 16.1. The number of aryl methyl sites for hydroxylation is 1. The van der Waals surface area contributed by atoms with Crippen LogP contribution in [0.15, 0.2) is 36.7 Å². The van der Waals surface area contributed by atoms with E-state index in [1.807, 2.05) is 19.1 Å². The lowest BCUT2D eigenvalue weighted by Gasteiger charge is -2.25. The Hall–Kier alpha value is -2.97. The topological polar surface area (TPSA) is 90.0 Å². The number of carbonyl (C=O) groups is 1. The van der Waals surface area contributed by atoms with E-state index in [-0.39, 0.29) is 18.2 Å². The molecule has 0 aliphatic carbocycles. The summed E-state index contributed by atoms with van der Waals surface area (Å²) in [6.07, 6.45) is 1.77. The van der Waals surface area contributed by atoms with Gasteiger partial charge in [0.2, 0.25) is 5.91 Å². The standard InChI is InChI=1S/C18H13Cl2N7O/c1-9-16-11(10-3-2-4-12(19)17(10)20)7-15(28)22-18(16)27(24-9)14-6-5-13-23-21-8-26(13)25-14/h2-6,8,11H,7H2,1H3,(H,22,28)/t11-/m1/s1. The highest BCUT2D eigenvalue weighted by molar-refractivity contribution is 6.42. The lowest BCUT2D eigenvalue weighted by Crippen LogP contribution is -2.25. The molecule has 140 valence electrons. The SMILES string of the molecule is Cc1nn(-c2ccc3nncn3n2)c2c1[C@@H](c1cccc(Cl)c1Cl)CC(=O)N2. The van der Waals surface area contributed by atoms with Crippen LogP contribution in [-0.4, -0.2) is 35.5 Å². The average molecular weight is 414 g/mol. The highest BCUT2D eigenvalue weighted by atomic mass is 35.5. The predicted molar refractivity (Wildman–Crippen MR) is 104 cm³/mol. The van der Waals surface area contributed by atoms with Crippen LogP contribution in [-0.2, 0) is 4.79 Å². The molecule has 4 aromatic rings. The Morgan fingerprint density at radius 2 is 2.04 bits per heavy atom. The number of anilines is 1. The maximum absolute atomic E-state index is 12.5. The number of aromatic nitrogens is 6. The molecule has 5 rings (SSSR count). The molecule has 0 fully saturated rings. The third kappa shape index (κ3) is 2.56. The number of rotatable bonds is 2. The van der Waals surface area contributed by atoms with Crippen LogP contribution in [0.3, 0.4) is 0 Å². The molecule has 1 atom stereocenters. The molecule has 0 radical (unpaired) electrons. The summed E-state index contributed by atoms with van der Waals surface area (Å²) in [4.78, 5) is 12.5. The van der Waals surface area contributed by atoms with Gasteiger partial charge in [0, 0.05) is 17.9 Å². The summed E-state index contributed by atoms with van der Waals surface area (Å²) in [5.74, 6) is 0.743. The molecule has 0 bridgehead atoms. The summed E-state index contributed by atoms with van der Waals surface area (Å²) in [7, 11) is 0. The molecular formula is C18H13Cl2N7O. The molecule has 28 heavy (non-hydrogen) atoms. The van der Waals surface area contributed by atoms with Gasteiger partial charge in [-0.1, -0.05) is 35.3 Å². The van der Waals surface area contributed by atoms with Gasteiger partial charge in [-0.3, -0.25) is 4.79 Å². The van der Waals surface area contributed by atoms with Gasteiger partial charge in [0.05, 0.1) is 15.7 Å². The Balaban J connectivity index is 1.70. The van der Waals surface area contributed by atoms with Crippen LogP contribution in [0.5, 0.6) is 0 Å². The van der Waals surface area contributed by atoms with Crippen molar-refractivity contribution in [1.82, 2.24) is 29.6 Å². The summed E-state index contributed by atoms with van der Waals surface area (Å²) in [6.45, 7) is 1.90. The Bertz CT molecular complexity index is 1250. The summed E-state index contributed by atoms with van der Waals surface area (Å²) >= 11 is 12.7. The van der Waals surface area contributed by atoms with Crippen molar-refractivity contribution >= 4 is 40.6 Å². The molecule has 0 saturated carbocycles. The van der Waals surface area contributed by atoms with Crippen molar-refractivity contribution in [1.29, 1.82) is 0 Å². The van der Waals surface area contributed by atoms with E-state index >= 15 is 0 Å². The summed E-state index contributed by atoms with van der Waals surface area (Å²) in [5.41, 5.74) is 3.10. The van der Waals surface area contributed by atoms with E-state index in [2.05, 4.69) is 25.7 Å². The molecule has 1 N–H and O–H groups in total. The molecule has 3 aromatic heterocycles. The minimum atomic E-state index is -0.248. The zero-order chi connectivity index (χ0) is 19.4. The van der Waals surface area contributed by atoms with Crippen molar-refractivity contribution in [3.63, 3.8) is 0 Å². The van der Waals surface area contributed by atoms with Gasteiger partial charge in [-0.25, -0.2) is 0 Å². The van der Waals surface area contributed by atoms with Crippen molar-refractivity contribution < 1.29 is 4.79 Å². The lowest BCUT2D eigenvalue weighted by molar-refractivity contribution is -0.116. The van der Waals surface area contributed by atoms with E-state index in [0.717, 1.165) is 16.8 Å². The first-order valence-corrected chi connectivity index (χ1v) is 9.29. The monoisotopic (exact) mass is 413 g/mol. The molecular weight excluding hydrogens is 401 g/mol. The first-order chi connectivity index (χ1) is 13.5.